The number of ether oxygens (including phenoxy) is 1. The molecule has 11 heteroatoms. The smallest absolute Gasteiger partial charge is 0.371 e. The van der Waals surface area contributed by atoms with E-state index in [1.165, 1.54) is 43.1 Å². The lowest BCUT2D eigenvalue weighted by Gasteiger charge is -2.30. The molecule has 2 aromatic carbocycles. The molecule has 0 aliphatic carbocycles. The maximum atomic E-state index is 13.3. The van der Waals surface area contributed by atoms with Gasteiger partial charge in [0.25, 0.3) is 0 Å². The molecule has 1 saturated heterocycles. The van der Waals surface area contributed by atoms with Crippen LogP contribution in [0.2, 0.25) is 0 Å². The molecule has 0 unspecified atom stereocenters. The van der Waals surface area contributed by atoms with Crippen LogP contribution in [0.25, 0.3) is 0 Å². The minimum Gasteiger partial charge on any atom is -0.371 e. The molecule has 1 aliphatic heterocycles. The fraction of sp³-hybridized carbons (Fsp3) is 0.381. The Balaban J connectivity index is 1.91. The van der Waals surface area contributed by atoms with Crippen molar-refractivity contribution in [2.75, 3.05) is 20.2 Å². The first kappa shape index (κ1) is 23.8. The Morgan fingerprint density at radius 1 is 1.03 bits per heavy atom. The second kappa shape index (κ2) is 8.27. The Bertz CT molecular complexity index is 957. The van der Waals surface area contributed by atoms with E-state index < -0.39 is 47.0 Å². The summed E-state index contributed by atoms with van der Waals surface area (Å²) in [6, 6.07) is 5.99. The highest BCUT2D eigenvalue weighted by Crippen LogP contribution is 2.38. The largest absolute Gasteiger partial charge is 0.416 e. The van der Waals surface area contributed by atoms with Gasteiger partial charge in [-0.25, -0.2) is 9.18 Å². The van der Waals surface area contributed by atoms with Gasteiger partial charge in [0.15, 0.2) is 0 Å². The monoisotopic (exact) mass is 464 g/mol. The van der Waals surface area contributed by atoms with E-state index in [0.717, 1.165) is 0 Å². The van der Waals surface area contributed by atoms with Crippen LogP contribution in [-0.4, -0.2) is 31.1 Å². The van der Waals surface area contributed by atoms with E-state index in [1.54, 1.807) is 0 Å². The molecule has 1 aliphatic rings. The second-order valence-electron chi connectivity index (χ2n) is 7.67. The van der Waals surface area contributed by atoms with Crippen molar-refractivity contribution in [2.24, 2.45) is 0 Å². The van der Waals surface area contributed by atoms with E-state index >= 15 is 0 Å². The minimum absolute atomic E-state index is 0.0440. The Hall–Kier alpha value is -2.82. The number of urea groups is 1. The summed E-state index contributed by atoms with van der Waals surface area (Å²) in [6.45, 7) is 1.14. The quantitative estimate of drug-likeness (QED) is 0.595. The van der Waals surface area contributed by atoms with Gasteiger partial charge in [0.1, 0.15) is 11.4 Å². The SMILES string of the molecule is C[C@@H](OC[C@@]1(c2ccc(F)cc2)CN(C)C(=O)N1)c1cc(C(F)(F)F)cc(C(F)(F)F)c1. The average molecular weight is 464 g/mol. The first-order valence-corrected chi connectivity index (χ1v) is 9.41. The molecule has 2 aromatic rings. The maximum Gasteiger partial charge on any atom is 0.416 e. The van der Waals surface area contributed by atoms with Gasteiger partial charge in [-0.1, -0.05) is 12.1 Å². The summed E-state index contributed by atoms with van der Waals surface area (Å²) < 4.78 is 97.8. The number of carbonyl (C=O) groups excluding carboxylic acids is 1. The normalized spacial score (nSPS) is 20.4. The number of nitrogens with one attached hydrogen (secondary N) is 1. The molecule has 0 radical (unpaired) electrons. The van der Waals surface area contributed by atoms with Gasteiger partial charge >= 0.3 is 18.4 Å². The summed E-state index contributed by atoms with van der Waals surface area (Å²) in [5.74, 6) is -0.514. The van der Waals surface area contributed by atoms with E-state index in [-0.39, 0.29) is 24.8 Å². The van der Waals surface area contributed by atoms with E-state index in [1.807, 2.05) is 0 Å². The average Bonchev–Trinajstić information content (AvgIpc) is 2.99. The molecule has 0 bridgehead atoms. The summed E-state index contributed by atoms with van der Waals surface area (Å²) in [6.07, 6.45) is -11.1. The van der Waals surface area contributed by atoms with Crippen molar-refractivity contribution >= 4 is 6.03 Å². The van der Waals surface area contributed by atoms with Crippen molar-refractivity contribution in [1.82, 2.24) is 10.2 Å². The molecular weight excluding hydrogens is 445 g/mol. The summed E-state index contributed by atoms with van der Waals surface area (Å²) in [7, 11) is 1.51. The molecule has 0 aromatic heterocycles. The third-order valence-electron chi connectivity index (χ3n) is 5.26. The van der Waals surface area contributed by atoms with Gasteiger partial charge in [0, 0.05) is 7.05 Å². The number of nitrogens with zero attached hydrogens (tertiary/aromatic N) is 1. The number of hydrogen-bond acceptors (Lipinski definition) is 2. The van der Waals surface area contributed by atoms with Crippen LogP contribution in [0.4, 0.5) is 35.5 Å². The Labute approximate surface area is 179 Å². The van der Waals surface area contributed by atoms with Crippen molar-refractivity contribution in [3.8, 4) is 0 Å². The van der Waals surface area contributed by atoms with Crippen LogP contribution in [0.1, 0.15) is 35.3 Å². The van der Waals surface area contributed by atoms with Crippen LogP contribution in [0.5, 0.6) is 0 Å². The van der Waals surface area contributed by atoms with E-state index in [2.05, 4.69) is 5.32 Å². The van der Waals surface area contributed by atoms with Gasteiger partial charge in [-0.15, -0.1) is 0 Å². The van der Waals surface area contributed by atoms with Gasteiger partial charge in [0.2, 0.25) is 0 Å². The fourth-order valence-corrected chi connectivity index (χ4v) is 3.49. The molecule has 3 rings (SSSR count). The highest BCUT2D eigenvalue weighted by molar-refractivity contribution is 5.78. The van der Waals surface area contributed by atoms with Gasteiger partial charge < -0.3 is 15.0 Å². The zero-order valence-electron chi connectivity index (χ0n) is 16.9. The third kappa shape index (κ3) is 4.98. The van der Waals surface area contributed by atoms with Crippen molar-refractivity contribution in [3.05, 3.63) is 70.5 Å². The molecule has 1 fully saturated rings. The number of likely N-dealkylation sites (N-methyl/N-ethyl adjacent to an activating group) is 1. The van der Waals surface area contributed by atoms with Crippen LogP contribution in [0, 0.1) is 5.82 Å². The summed E-state index contributed by atoms with van der Waals surface area (Å²) in [5, 5.41) is 2.71. The van der Waals surface area contributed by atoms with Gasteiger partial charge in [0.05, 0.1) is 30.4 Å². The molecule has 174 valence electrons. The lowest BCUT2D eigenvalue weighted by molar-refractivity contribution is -0.143. The van der Waals surface area contributed by atoms with Crippen LogP contribution in [0.3, 0.4) is 0 Å². The first-order valence-electron chi connectivity index (χ1n) is 9.41. The molecular formula is C21H19F7N2O2. The maximum absolute atomic E-state index is 13.3. The van der Waals surface area contributed by atoms with Crippen molar-refractivity contribution in [3.63, 3.8) is 0 Å². The minimum atomic E-state index is -4.98. The zero-order chi connectivity index (χ0) is 23.9. The van der Waals surface area contributed by atoms with Gasteiger partial charge in [-0.3, -0.25) is 0 Å². The van der Waals surface area contributed by atoms with Crippen LogP contribution >= 0.6 is 0 Å². The Morgan fingerprint density at radius 2 is 1.56 bits per heavy atom. The lowest BCUT2D eigenvalue weighted by Crippen LogP contribution is -2.45. The van der Waals surface area contributed by atoms with Crippen LogP contribution in [-0.2, 0) is 22.6 Å². The van der Waals surface area contributed by atoms with Crippen molar-refractivity contribution in [1.29, 1.82) is 0 Å². The molecule has 2 atom stereocenters. The van der Waals surface area contributed by atoms with E-state index in [4.69, 9.17) is 4.74 Å². The number of amides is 2. The zero-order valence-corrected chi connectivity index (χ0v) is 16.9. The number of carbonyl (C=O) groups is 1. The Kier molecular flexibility index (Phi) is 6.16. The molecule has 0 spiro atoms. The van der Waals surface area contributed by atoms with Gasteiger partial charge in [-0.05, 0) is 48.4 Å². The van der Waals surface area contributed by atoms with Crippen LogP contribution < -0.4 is 5.32 Å². The van der Waals surface area contributed by atoms with Crippen LogP contribution in [0.15, 0.2) is 42.5 Å². The summed E-state index contributed by atoms with van der Waals surface area (Å²) in [4.78, 5) is 13.4. The summed E-state index contributed by atoms with van der Waals surface area (Å²) >= 11 is 0. The highest BCUT2D eigenvalue weighted by atomic mass is 19.4. The molecule has 2 amide bonds. The molecule has 32 heavy (non-hydrogen) atoms. The van der Waals surface area contributed by atoms with Gasteiger partial charge in [-0.2, -0.15) is 26.3 Å². The predicted molar refractivity (Wildman–Crippen MR) is 100 cm³/mol. The lowest BCUT2D eigenvalue weighted by atomic mass is 9.91. The van der Waals surface area contributed by atoms with Crippen molar-refractivity contribution in [2.45, 2.75) is 30.9 Å². The van der Waals surface area contributed by atoms with E-state index in [9.17, 15) is 35.5 Å². The highest BCUT2D eigenvalue weighted by Gasteiger charge is 2.43. The standard InChI is InChI=1S/C21H19F7N2O2/c1-12(13-7-15(20(23,24)25)9-16(8-13)21(26,27)28)32-11-19(10-30(2)18(31)29-19)14-3-5-17(22)6-4-14/h3-9,12H,10-11H2,1-2H3,(H,29,31)/t12-,19-/m1/s1. The number of alkyl halides is 6. The second-order valence-corrected chi connectivity index (χ2v) is 7.67. The Morgan fingerprint density at radius 3 is 2.00 bits per heavy atom. The molecule has 1 heterocycles. The van der Waals surface area contributed by atoms with Crippen molar-refractivity contribution < 1.29 is 40.3 Å². The van der Waals surface area contributed by atoms with E-state index in [0.29, 0.717) is 17.7 Å². The molecule has 0 saturated carbocycles. The molecule has 1 N–H and O–H groups in total. The summed E-state index contributed by atoms with van der Waals surface area (Å²) in [5.41, 5.74) is -3.90. The number of hydrogen-bond donors (Lipinski definition) is 1. The number of halogens is 7. The predicted octanol–water partition coefficient (Wildman–Crippen LogP) is 5.49. The number of rotatable bonds is 5. The third-order valence-corrected chi connectivity index (χ3v) is 5.26. The topological polar surface area (TPSA) is 41.6 Å². The fourth-order valence-electron chi connectivity index (χ4n) is 3.49. The number of benzene rings is 2. The first-order chi connectivity index (χ1) is 14.7. The molecule has 4 nitrogen and oxygen atoms in total.